The summed E-state index contributed by atoms with van der Waals surface area (Å²) in [7, 11) is 1.12. The number of unbranched alkanes of at least 4 members (excludes halogenated alkanes) is 2. The number of methoxy groups -OCH3 is 1. The van der Waals surface area contributed by atoms with Gasteiger partial charge in [-0.25, -0.2) is 9.48 Å². The number of rotatable bonds is 15. The molecule has 1 aromatic carbocycles. The van der Waals surface area contributed by atoms with E-state index >= 15 is 0 Å². The molecule has 262 valence electrons. The van der Waals surface area contributed by atoms with E-state index in [1.807, 2.05) is 0 Å². The predicted octanol–water partition coefficient (Wildman–Crippen LogP) is 2.01. The maximum atomic E-state index is 12.9. The summed E-state index contributed by atoms with van der Waals surface area (Å²) in [5, 5.41) is 14.2. The number of hydrogen-bond donors (Lipinski definition) is 2. The van der Waals surface area contributed by atoms with Crippen molar-refractivity contribution < 1.29 is 52.5 Å². The molecule has 2 amide bonds. The maximum Gasteiger partial charge on any atom is 0.373 e. The second-order valence-electron chi connectivity index (χ2n) is 10.9. The van der Waals surface area contributed by atoms with Crippen LogP contribution in [0.1, 0.15) is 59.4 Å². The third kappa shape index (κ3) is 10.9. The molecule has 1 aliphatic heterocycles. The monoisotopic (exact) mass is 681 g/mol. The van der Waals surface area contributed by atoms with Gasteiger partial charge in [0, 0.05) is 46.1 Å². The van der Waals surface area contributed by atoms with Crippen LogP contribution in [0.5, 0.6) is 0 Å². The van der Waals surface area contributed by atoms with Gasteiger partial charge in [-0.05, 0) is 25.0 Å². The number of esters is 4. The molecule has 0 radical (unpaired) electrons. The van der Waals surface area contributed by atoms with Gasteiger partial charge in [0.1, 0.15) is 12.3 Å². The first-order chi connectivity index (χ1) is 23.3. The molecule has 1 aliphatic rings. The van der Waals surface area contributed by atoms with E-state index in [9.17, 15) is 28.8 Å². The van der Waals surface area contributed by atoms with Gasteiger partial charge in [-0.2, -0.15) is 0 Å². The second-order valence-corrected chi connectivity index (χ2v) is 10.9. The summed E-state index contributed by atoms with van der Waals surface area (Å²) in [6, 6.07) is 4.73. The Morgan fingerprint density at radius 1 is 1.02 bits per heavy atom. The summed E-state index contributed by atoms with van der Waals surface area (Å²) < 4.78 is 28.2. The Balaban J connectivity index is 2.09. The fourth-order valence-corrected chi connectivity index (χ4v) is 5.08. The van der Waals surface area contributed by atoms with E-state index in [0.717, 1.165) is 27.9 Å². The SMILES string of the molecule is C#CCCCCC(=O)Nc1ccccc1-c1cn([C@H]2C=C(C(=O)OC)O[C@@H]([C@H](OC(C)=O)[C@@H](COC(C)=O)OC(C)=O)[C@@H]2NC(C)=O)nn1. The van der Waals surface area contributed by atoms with E-state index < -0.39 is 66.8 Å². The summed E-state index contributed by atoms with van der Waals surface area (Å²) in [6.07, 6.45) is 5.91. The highest BCUT2D eigenvalue weighted by Crippen LogP contribution is 2.34. The Kier molecular flexibility index (Phi) is 13.9. The van der Waals surface area contributed by atoms with Gasteiger partial charge in [0.25, 0.3) is 0 Å². The predicted molar refractivity (Wildman–Crippen MR) is 171 cm³/mol. The number of ether oxygens (including phenoxy) is 5. The van der Waals surface area contributed by atoms with Crippen LogP contribution in [-0.4, -0.2) is 88.8 Å². The number of nitrogens with zero attached hydrogens (tertiary/aromatic N) is 3. The minimum atomic E-state index is -1.53. The van der Waals surface area contributed by atoms with Crippen molar-refractivity contribution in [3.05, 3.63) is 42.3 Å². The maximum absolute atomic E-state index is 12.9. The average Bonchev–Trinajstić information content (AvgIpc) is 3.53. The molecule has 2 N–H and O–H groups in total. The van der Waals surface area contributed by atoms with Crippen molar-refractivity contribution in [2.45, 2.75) is 83.8 Å². The molecular weight excluding hydrogens is 642 g/mol. The van der Waals surface area contributed by atoms with Crippen LogP contribution < -0.4 is 10.6 Å². The van der Waals surface area contributed by atoms with E-state index in [-0.39, 0.29) is 18.1 Å². The first kappa shape index (κ1) is 37.7. The Labute approximate surface area is 282 Å². The number of carbonyl (C=O) groups excluding carboxylic acids is 6. The topological polar surface area (TPSA) is 203 Å². The molecule has 16 nitrogen and oxygen atoms in total. The normalized spacial score (nSPS) is 17.9. The number of amides is 2. The lowest BCUT2D eigenvalue weighted by atomic mass is 9.91. The van der Waals surface area contributed by atoms with Crippen molar-refractivity contribution in [1.29, 1.82) is 0 Å². The molecule has 0 spiro atoms. The zero-order chi connectivity index (χ0) is 36.1. The number of benzene rings is 1. The highest BCUT2D eigenvalue weighted by atomic mass is 16.6. The van der Waals surface area contributed by atoms with E-state index in [1.165, 1.54) is 23.9 Å². The molecule has 49 heavy (non-hydrogen) atoms. The number of para-hydroxylation sites is 1. The molecule has 0 bridgehead atoms. The van der Waals surface area contributed by atoms with Gasteiger partial charge in [-0.1, -0.05) is 23.4 Å². The van der Waals surface area contributed by atoms with Gasteiger partial charge in [-0.3, -0.25) is 24.0 Å². The summed E-state index contributed by atoms with van der Waals surface area (Å²) >= 11 is 0. The Morgan fingerprint density at radius 3 is 2.37 bits per heavy atom. The van der Waals surface area contributed by atoms with Crippen LogP contribution in [0, 0.1) is 12.3 Å². The van der Waals surface area contributed by atoms with Crippen LogP contribution in [-0.2, 0) is 52.5 Å². The van der Waals surface area contributed by atoms with Crippen molar-refractivity contribution in [3.63, 3.8) is 0 Å². The molecule has 1 aromatic heterocycles. The van der Waals surface area contributed by atoms with Crippen LogP contribution in [0.2, 0.25) is 0 Å². The summed E-state index contributed by atoms with van der Waals surface area (Å²) in [4.78, 5) is 74.2. The van der Waals surface area contributed by atoms with Gasteiger partial charge in [0.15, 0.2) is 18.3 Å². The minimum Gasteiger partial charge on any atom is -0.477 e. The molecule has 3 rings (SSSR count). The zero-order valence-electron chi connectivity index (χ0n) is 27.8. The molecule has 5 atom stereocenters. The van der Waals surface area contributed by atoms with Crippen LogP contribution in [0.3, 0.4) is 0 Å². The van der Waals surface area contributed by atoms with Crippen molar-refractivity contribution in [2.24, 2.45) is 0 Å². The standard InChI is InChI=1S/C33H39N5O11/c1-7-8-9-10-15-29(43)35-24-14-12-11-13-23(24)25-17-38(37-36-25)26-16-27(33(44)45-6)49-32(30(26)34-19(2)39)31(48-22(5)42)28(47-21(4)41)18-46-20(3)40/h1,11-14,16-17,26,28,30-32H,8-10,15,18H2,2-6H3,(H,34,39)(H,35,43)/t26-,28+,30+,31+,32+/m0/s1. The van der Waals surface area contributed by atoms with Crippen LogP contribution in [0.15, 0.2) is 42.3 Å². The molecule has 16 heteroatoms. The fraction of sp³-hybridized carbons (Fsp3) is 0.455. The summed E-state index contributed by atoms with van der Waals surface area (Å²) in [6.45, 7) is 3.99. The lowest BCUT2D eigenvalue weighted by Crippen LogP contribution is -2.60. The highest BCUT2D eigenvalue weighted by Gasteiger charge is 2.49. The van der Waals surface area contributed by atoms with Crippen molar-refractivity contribution in [1.82, 2.24) is 20.3 Å². The zero-order valence-corrected chi connectivity index (χ0v) is 27.8. The molecule has 0 saturated heterocycles. The Bertz CT molecular complexity index is 1610. The fourth-order valence-electron chi connectivity index (χ4n) is 5.08. The smallest absolute Gasteiger partial charge is 0.373 e. The van der Waals surface area contributed by atoms with Gasteiger partial charge >= 0.3 is 23.9 Å². The van der Waals surface area contributed by atoms with Crippen LogP contribution >= 0.6 is 0 Å². The van der Waals surface area contributed by atoms with Crippen molar-refractivity contribution in [2.75, 3.05) is 19.0 Å². The number of terminal acetylenes is 1. The number of carbonyl (C=O) groups is 6. The summed E-state index contributed by atoms with van der Waals surface area (Å²) in [5.74, 6) is -1.83. The lowest BCUT2D eigenvalue weighted by molar-refractivity contribution is -0.188. The Morgan fingerprint density at radius 2 is 1.73 bits per heavy atom. The largest absolute Gasteiger partial charge is 0.477 e. The van der Waals surface area contributed by atoms with Gasteiger partial charge in [-0.15, -0.1) is 17.4 Å². The molecule has 0 saturated carbocycles. The van der Waals surface area contributed by atoms with E-state index in [0.29, 0.717) is 36.2 Å². The van der Waals surface area contributed by atoms with Crippen LogP contribution in [0.4, 0.5) is 5.69 Å². The quantitative estimate of drug-likeness (QED) is 0.120. The molecular formula is C33H39N5O11. The second kappa shape index (κ2) is 18.0. The first-order valence-corrected chi connectivity index (χ1v) is 15.3. The summed E-state index contributed by atoms with van der Waals surface area (Å²) in [5.41, 5.74) is 1.32. The Hall–Kier alpha value is -5.72. The minimum absolute atomic E-state index is 0.215. The number of hydrogen-bond acceptors (Lipinski definition) is 13. The molecule has 0 unspecified atom stereocenters. The van der Waals surface area contributed by atoms with Crippen molar-refractivity contribution >= 4 is 41.4 Å². The van der Waals surface area contributed by atoms with Gasteiger partial charge < -0.3 is 34.3 Å². The third-order valence-electron chi connectivity index (χ3n) is 7.09. The van der Waals surface area contributed by atoms with Crippen molar-refractivity contribution in [3.8, 4) is 23.6 Å². The van der Waals surface area contributed by atoms with E-state index in [4.69, 9.17) is 30.1 Å². The lowest BCUT2D eigenvalue weighted by Gasteiger charge is -2.41. The van der Waals surface area contributed by atoms with Crippen LogP contribution in [0.25, 0.3) is 11.3 Å². The molecule has 2 aromatic rings. The number of anilines is 1. The average molecular weight is 682 g/mol. The first-order valence-electron chi connectivity index (χ1n) is 15.3. The van der Waals surface area contributed by atoms with E-state index in [1.54, 1.807) is 24.3 Å². The molecule has 0 aliphatic carbocycles. The molecule has 0 fully saturated rings. The number of aromatic nitrogens is 3. The highest BCUT2D eigenvalue weighted by molar-refractivity contribution is 5.95. The molecule has 2 heterocycles. The third-order valence-corrected chi connectivity index (χ3v) is 7.09. The van der Waals surface area contributed by atoms with E-state index in [2.05, 4.69) is 26.9 Å². The van der Waals surface area contributed by atoms with Gasteiger partial charge in [0.2, 0.25) is 17.6 Å². The van der Waals surface area contributed by atoms with Gasteiger partial charge in [0.05, 0.1) is 31.1 Å². The number of nitrogens with one attached hydrogen (secondary N) is 2.